The summed E-state index contributed by atoms with van der Waals surface area (Å²) < 4.78 is 18.0. The van der Waals surface area contributed by atoms with Gasteiger partial charge in [0.25, 0.3) is 0 Å². The van der Waals surface area contributed by atoms with Crippen LogP contribution in [0.25, 0.3) is 0 Å². The molecular weight excluding hydrogens is 289 g/mol. The zero-order valence-electron chi connectivity index (χ0n) is 12.3. The summed E-state index contributed by atoms with van der Waals surface area (Å²) in [5.41, 5.74) is 2.50. The van der Waals surface area contributed by atoms with Gasteiger partial charge < -0.3 is 10.1 Å². The van der Waals surface area contributed by atoms with Crippen molar-refractivity contribution in [2.75, 3.05) is 11.9 Å². The topological polar surface area (TPSA) is 38.3 Å². The van der Waals surface area contributed by atoms with Crippen LogP contribution in [0, 0.1) is 19.7 Å². The summed E-state index contributed by atoms with van der Waals surface area (Å²) in [7, 11) is 0. The van der Waals surface area contributed by atoms with Crippen LogP contribution in [-0.4, -0.2) is 12.6 Å². The summed E-state index contributed by atoms with van der Waals surface area (Å²) in [5, 5.41) is 4.04. The molecule has 2 rings (SSSR count). The van der Waals surface area contributed by atoms with E-state index in [2.05, 4.69) is 5.32 Å². The Kier molecular flexibility index (Phi) is 4.96. The number of thiophene rings is 1. The van der Waals surface area contributed by atoms with Gasteiger partial charge in [0, 0.05) is 11.4 Å². The molecule has 0 atom stereocenters. The number of anilines is 1. The van der Waals surface area contributed by atoms with Gasteiger partial charge >= 0.3 is 5.97 Å². The molecule has 2 aromatic rings. The quantitative estimate of drug-likeness (QED) is 0.837. The number of hydrogen-bond donors (Lipinski definition) is 1. The molecule has 0 radical (unpaired) electrons. The fraction of sp³-hybridized carbons (Fsp3) is 0.312. The normalized spacial score (nSPS) is 10.5. The lowest BCUT2D eigenvalue weighted by molar-refractivity contribution is 0.0527. The van der Waals surface area contributed by atoms with E-state index in [1.807, 2.05) is 13.8 Å². The number of aryl methyl sites for hydroxylation is 1. The van der Waals surface area contributed by atoms with Crippen molar-refractivity contribution in [3.63, 3.8) is 0 Å². The van der Waals surface area contributed by atoms with Crippen LogP contribution in [0.15, 0.2) is 24.3 Å². The second-order valence-corrected chi connectivity index (χ2v) is 5.91. The smallest absolute Gasteiger partial charge is 0.341 e. The van der Waals surface area contributed by atoms with E-state index in [0.29, 0.717) is 18.7 Å². The number of nitrogens with one attached hydrogen (secondary N) is 1. The molecule has 1 aromatic carbocycles. The first-order valence-electron chi connectivity index (χ1n) is 6.78. The standard InChI is InChI=1S/C16H18FNO2S/c1-4-20-16(19)14-10(2)11(3)21-15(14)18-9-12-5-7-13(17)8-6-12/h5-8,18H,4,9H2,1-3H3. The van der Waals surface area contributed by atoms with E-state index < -0.39 is 0 Å². The van der Waals surface area contributed by atoms with E-state index in [1.54, 1.807) is 19.1 Å². The third kappa shape index (κ3) is 3.61. The zero-order valence-corrected chi connectivity index (χ0v) is 13.1. The largest absolute Gasteiger partial charge is 0.462 e. The summed E-state index contributed by atoms with van der Waals surface area (Å²) in [6.45, 7) is 6.57. The monoisotopic (exact) mass is 307 g/mol. The Balaban J connectivity index is 2.17. The molecule has 0 spiro atoms. The van der Waals surface area contributed by atoms with Crippen LogP contribution in [-0.2, 0) is 11.3 Å². The van der Waals surface area contributed by atoms with Crippen molar-refractivity contribution in [2.45, 2.75) is 27.3 Å². The van der Waals surface area contributed by atoms with Crippen molar-refractivity contribution >= 4 is 22.3 Å². The maximum Gasteiger partial charge on any atom is 0.341 e. The van der Waals surface area contributed by atoms with E-state index in [1.165, 1.54) is 23.5 Å². The van der Waals surface area contributed by atoms with Crippen molar-refractivity contribution in [3.05, 3.63) is 51.7 Å². The first-order valence-corrected chi connectivity index (χ1v) is 7.60. The van der Waals surface area contributed by atoms with Crippen LogP contribution in [0.1, 0.15) is 33.3 Å². The molecule has 5 heteroatoms. The predicted molar refractivity (Wildman–Crippen MR) is 83.5 cm³/mol. The second kappa shape index (κ2) is 6.72. The van der Waals surface area contributed by atoms with E-state index in [9.17, 15) is 9.18 Å². The number of carbonyl (C=O) groups is 1. The molecule has 0 saturated heterocycles. The van der Waals surface area contributed by atoms with Gasteiger partial charge in [-0.2, -0.15) is 0 Å². The Morgan fingerprint density at radius 1 is 1.29 bits per heavy atom. The Morgan fingerprint density at radius 2 is 1.95 bits per heavy atom. The van der Waals surface area contributed by atoms with Crippen LogP contribution in [0.3, 0.4) is 0 Å². The lowest BCUT2D eigenvalue weighted by atomic mass is 10.1. The molecular formula is C16H18FNO2S. The average molecular weight is 307 g/mol. The summed E-state index contributed by atoms with van der Waals surface area (Å²) in [6, 6.07) is 6.29. The average Bonchev–Trinajstić information content (AvgIpc) is 2.74. The van der Waals surface area contributed by atoms with Crippen LogP contribution in [0.2, 0.25) is 0 Å². The zero-order chi connectivity index (χ0) is 15.4. The predicted octanol–water partition coefficient (Wildman–Crippen LogP) is 4.29. The van der Waals surface area contributed by atoms with Crippen LogP contribution >= 0.6 is 11.3 Å². The Morgan fingerprint density at radius 3 is 2.57 bits per heavy atom. The molecule has 0 saturated carbocycles. The molecule has 0 unspecified atom stereocenters. The Labute approximate surface area is 127 Å². The molecule has 3 nitrogen and oxygen atoms in total. The van der Waals surface area contributed by atoms with Crippen molar-refractivity contribution in [1.29, 1.82) is 0 Å². The third-order valence-electron chi connectivity index (χ3n) is 3.23. The molecule has 112 valence electrons. The van der Waals surface area contributed by atoms with Crippen molar-refractivity contribution in [3.8, 4) is 0 Å². The minimum absolute atomic E-state index is 0.256. The Bertz CT molecular complexity index is 634. The first kappa shape index (κ1) is 15.5. The van der Waals surface area contributed by atoms with Crippen molar-refractivity contribution < 1.29 is 13.9 Å². The molecule has 1 aromatic heterocycles. The number of benzene rings is 1. The van der Waals surface area contributed by atoms with Gasteiger partial charge in [-0.3, -0.25) is 0 Å². The molecule has 0 aliphatic carbocycles. The highest BCUT2D eigenvalue weighted by molar-refractivity contribution is 7.16. The minimum Gasteiger partial charge on any atom is -0.462 e. The molecule has 1 heterocycles. The molecule has 0 aliphatic heterocycles. The summed E-state index contributed by atoms with van der Waals surface area (Å²) in [4.78, 5) is 13.1. The van der Waals surface area contributed by atoms with E-state index in [-0.39, 0.29) is 11.8 Å². The second-order valence-electron chi connectivity index (χ2n) is 4.69. The molecule has 0 fully saturated rings. The van der Waals surface area contributed by atoms with Gasteiger partial charge in [0.05, 0.1) is 12.2 Å². The lowest BCUT2D eigenvalue weighted by Gasteiger charge is -2.08. The maximum absolute atomic E-state index is 12.9. The molecule has 0 amide bonds. The number of rotatable bonds is 5. The van der Waals surface area contributed by atoms with Gasteiger partial charge in [-0.15, -0.1) is 11.3 Å². The SMILES string of the molecule is CCOC(=O)c1c(NCc2ccc(F)cc2)sc(C)c1C. The molecule has 1 N–H and O–H groups in total. The van der Waals surface area contributed by atoms with Crippen LogP contribution in [0.4, 0.5) is 9.39 Å². The van der Waals surface area contributed by atoms with Crippen LogP contribution in [0.5, 0.6) is 0 Å². The minimum atomic E-state index is -0.305. The van der Waals surface area contributed by atoms with E-state index in [0.717, 1.165) is 21.0 Å². The van der Waals surface area contributed by atoms with Gasteiger partial charge in [0.1, 0.15) is 10.8 Å². The van der Waals surface area contributed by atoms with Crippen LogP contribution < -0.4 is 5.32 Å². The van der Waals surface area contributed by atoms with Gasteiger partial charge in [-0.1, -0.05) is 12.1 Å². The number of esters is 1. The van der Waals surface area contributed by atoms with Gasteiger partial charge in [-0.25, -0.2) is 9.18 Å². The summed E-state index contributed by atoms with van der Waals surface area (Å²) in [5.74, 6) is -0.560. The van der Waals surface area contributed by atoms with Gasteiger partial charge in [0.2, 0.25) is 0 Å². The summed E-state index contributed by atoms with van der Waals surface area (Å²) >= 11 is 1.53. The number of ether oxygens (including phenoxy) is 1. The third-order valence-corrected chi connectivity index (χ3v) is 4.40. The van der Waals surface area contributed by atoms with Gasteiger partial charge in [-0.05, 0) is 44.0 Å². The fourth-order valence-corrected chi connectivity index (χ4v) is 3.03. The van der Waals surface area contributed by atoms with E-state index in [4.69, 9.17) is 4.74 Å². The highest BCUT2D eigenvalue weighted by Crippen LogP contribution is 2.33. The highest BCUT2D eigenvalue weighted by Gasteiger charge is 2.20. The molecule has 21 heavy (non-hydrogen) atoms. The number of carbonyl (C=O) groups excluding carboxylic acids is 1. The van der Waals surface area contributed by atoms with Crippen molar-refractivity contribution in [1.82, 2.24) is 0 Å². The molecule has 0 aliphatic rings. The summed E-state index contributed by atoms with van der Waals surface area (Å²) in [6.07, 6.45) is 0. The van der Waals surface area contributed by atoms with E-state index >= 15 is 0 Å². The maximum atomic E-state index is 12.9. The first-order chi connectivity index (χ1) is 10.0. The lowest BCUT2D eigenvalue weighted by Crippen LogP contribution is -2.09. The van der Waals surface area contributed by atoms with Crippen molar-refractivity contribution in [2.24, 2.45) is 0 Å². The highest BCUT2D eigenvalue weighted by atomic mass is 32.1. The number of hydrogen-bond acceptors (Lipinski definition) is 4. The Hall–Kier alpha value is -1.88. The number of halogens is 1. The fourth-order valence-electron chi connectivity index (χ4n) is 1.99. The van der Waals surface area contributed by atoms with Gasteiger partial charge in [0.15, 0.2) is 0 Å². The molecule has 0 bridgehead atoms.